The summed E-state index contributed by atoms with van der Waals surface area (Å²) >= 11 is 0. The molecule has 9 heteroatoms. The number of benzene rings is 1. The maximum atomic E-state index is 14.8. The lowest BCUT2D eigenvalue weighted by molar-refractivity contribution is 0.102. The van der Waals surface area contributed by atoms with Gasteiger partial charge in [0, 0.05) is 24.0 Å². The summed E-state index contributed by atoms with van der Waals surface area (Å²) < 4.78 is 32.0. The molecule has 0 saturated heterocycles. The third kappa shape index (κ3) is 3.90. The molecule has 3 aromatic heterocycles. The molecule has 0 unspecified atom stereocenters. The number of rotatable bonds is 6. The van der Waals surface area contributed by atoms with Crippen molar-refractivity contribution in [3.63, 3.8) is 0 Å². The first-order valence-corrected chi connectivity index (χ1v) is 11.8. The van der Waals surface area contributed by atoms with Crippen LogP contribution in [0.25, 0.3) is 17.2 Å². The summed E-state index contributed by atoms with van der Waals surface area (Å²) in [5, 5.41) is 2.70. The van der Waals surface area contributed by atoms with E-state index in [1.54, 1.807) is 37.6 Å². The number of nitrogens with zero attached hydrogens (tertiary/aromatic N) is 5. The highest BCUT2D eigenvalue weighted by molar-refractivity contribution is 6.04. The van der Waals surface area contributed by atoms with Gasteiger partial charge in [0.25, 0.3) is 5.91 Å². The summed E-state index contributed by atoms with van der Waals surface area (Å²) in [5.74, 6) is 0.103. The highest BCUT2D eigenvalue weighted by Crippen LogP contribution is 2.39. The fourth-order valence-electron chi connectivity index (χ4n) is 4.75. The smallest absolute Gasteiger partial charge is 0.259 e. The van der Waals surface area contributed by atoms with Crippen molar-refractivity contribution < 1.29 is 13.6 Å². The Morgan fingerprint density at radius 1 is 1.20 bits per heavy atom. The lowest BCUT2D eigenvalue weighted by Crippen LogP contribution is -2.16. The minimum atomic E-state index is -0.612. The van der Waals surface area contributed by atoms with Crippen LogP contribution in [0.4, 0.5) is 14.6 Å². The maximum Gasteiger partial charge on any atom is 0.259 e. The Labute approximate surface area is 200 Å². The van der Waals surface area contributed by atoms with Crippen LogP contribution >= 0.6 is 0 Å². The van der Waals surface area contributed by atoms with Gasteiger partial charge in [-0.2, -0.15) is 0 Å². The van der Waals surface area contributed by atoms with E-state index in [-0.39, 0.29) is 17.4 Å². The first-order chi connectivity index (χ1) is 17.0. The molecule has 1 fully saturated rings. The third-order valence-corrected chi connectivity index (χ3v) is 6.78. The molecule has 1 saturated carbocycles. The molecular formula is C26H24F2N6O. The molecule has 6 rings (SSSR count). The lowest BCUT2D eigenvalue weighted by atomic mass is 10.1. The van der Waals surface area contributed by atoms with Gasteiger partial charge < -0.3 is 14.5 Å². The molecule has 0 spiro atoms. The molecule has 1 aromatic carbocycles. The lowest BCUT2D eigenvalue weighted by Gasteiger charge is -2.13. The largest absolute Gasteiger partial charge is 0.321 e. The standard InChI is InChI=1S/C26H24F2N6O/c1-15-9-20(28)19(10-23(15)33-13-22(30-14-33)16-5-6-16)26(35)32-24-4-2-3-21(31-24)25-29-12-18-8-7-17(11-27)34(18)25/h2-4,9-10,12-14,16-17H,5-8,11H2,1H3,(H,31,32,35)/t17-/m1/s1. The van der Waals surface area contributed by atoms with Gasteiger partial charge in [-0.05, 0) is 62.4 Å². The molecule has 4 heterocycles. The molecule has 1 atom stereocenters. The molecule has 0 radical (unpaired) electrons. The number of aryl methyl sites for hydroxylation is 2. The number of nitrogens with one attached hydrogen (secondary N) is 1. The van der Waals surface area contributed by atoms with Gasteiger partial charge >= 0.3 is 0 Å². The Morgan fingerprint density at radius 3 is 2.86 bits per heavy atom. The monoisotopic (exact) mass is 474 g/mol. The number of pyridine rings is 1. The van der Waals surface area contributed by atoms with E-state index in [0.29, 0.717) is 28.7 Å². The normalized spacial score (nSPS) is 16.9. The van der Waals surface area contributed by atoms with Gasteiger partial charge in [0.1, 0.15) is 24.0 Å². The second-order valence-electron chi connectivity index (χ2n) is 9.25. The number of hydrogen-bond acceptors (Lipinski definition) is 4. The number of hydrogen-bond donors (Lipinski definition) is 1. The minimum absolute atomic E-state index is 0.0846. The summed E-state index contributed by atoms with van der Waals surface area (Å²) in [6, 6.07) is 7.77. The summed E-state index contributed by atoms with van der Waals surface area (Å²) in [6.07, 6.45) is 9.15. The van der Waals surface area contributed by atoms with E-state index >= 15 is 0 Å². The van der Waals surface area contributed by atoms with Gasteiger partial charge in [-0.15, -0.1) is 0 Å². The number of carbonyl (C=O) groups is 1. The molecule has 1 amide bonds. The summed E-state index contributed by atoms with van der Waals surface area (Å²) in [6.45, 7) is 1.33. The highest BCUT2D eigenvalue weighted by atomic mass is 19.1. The Kier molecular flexibility index (Phi) is 5.20. The predicted molar refractivity (Wildman–Crippen MR) is 127 cm³/mol. The highest BCUT2D eigenvalue weighted by Gasteiger charge is 2.27. The van der Waals surface area contributed by atoms with Crippen molar-refractivity contribution in [3.8, 4) is 17.2 Å². The van der Waals surface area contributed by atoms with E-state index in [4.69, 9.17) is 0 Å². The summed E-state index contributed by atoms with van der Waals surface area (Å²) in [7, 11) is 0. The quantitative estimate of drug-likeness (QED) is 0.419. The molecule has 1 aliphatic carbocycles. The van der Waals surface area contributed by atoms with Gasteiger partial charge in [-0.1, -0.05) is 6.07 Å². The van der Waals surface area contributed by atoms with Gasteiger partial charge in [-0.25, -0.2) is 23.7 Å². The Morgan fingerprint density at radius 2 is 2.06 bits per heavy atom. The minimum Gasteiger partial charge on any atom is -0.321 e. The van der Waals surface area contributed by atoms with E-state index in [1.807, 2.05) is 15.3 Å². The average molecular weight is 475 g/mol. The third-order valence-electron chi connectivity index (χ3n) is 6.78. The number of aromatic nitrogens is 5. The van der Waals surface area contributed by atoms with Crippen molar-refractivity contribution in [2.45, 2.75) is 44.6 Å². The van der Waals surface area contributed by atoms with Gasteiger partial charge in [0.15, 0.2) is 5.82 Å². The van der Waals surface area contributed by atoms with Crippen LogP contribution in [0, 0.1) is 12.7 Å². The first-order valence-electron chi connectivity index (χ1n) is 11.8. The second-order valence-corrected chi connectivity index (χ2v) is 9.25. The molecule has 2 aliphatic rings. The molecular weight excluding hydrogens is 450 g/mol. The molecule has 178 valence electrons. The molecule has 0 bridgehead atoms. The van der Waals surface area contributed by atoms with Crippen LogP contribution in [0.5, 0.6) is 0 Å². The van der Waals surface area contributed by atoms with Gasteiger partial charge in [0.2, 0.25) is 0 Å². The Balaban J connectivity index is 1.28. The van der Waals surface area contributed by atoms with Crippen LogP contribution in [-0.2, 0) is 6.42 Å². The van der Waals surface area contributed by atoms with E-state index in [2.05, 4.69) is 20.3 Å². The zero-order valence-corrected chi connectivity index (χ0v) is 19.2. The molecule has 1 N–H and O–H groups in total. The van der Waals surface area contributed by atoms with Crippen molar-refractivity contribution in [2.24, 2.45) is 0 Å². The predicted octanol–water partition coefficient (Wildman–Crippen LogP) is 5.16. The number of alkyl halides is 1. The number of carbonyl (C=O) groups excluding carboxylic acids is 1. The molecule has 1 aliphatic heterocycles. The number of halogens is 2. The number of anilines is 1. The van der Waals surface area contributed by atoms with Crippen molar-refractivity contribution in [3.05, 3.63) is 77.4 Å². The molecule has 35 heavy (non-hydrogen) atoms. The summed E-state index contributed by atoms with van der Waals surface area (Å²) in [4.78, 5) is 26.4. The SMILES string of the molecule is Cc1cc(F)c(C(=O)Nc2cccc(-c3ncc4n3[C@@H](CF)CC4)n2)cc1-n1cnc(C2CC2)c1. The number of amides is 1. The van der Waals surface area contributed by atoms with Gasteiger partial charge in [0.05, 0.1) is 29.3 Å². The Hall–Kier alpha value is -3.88. The average Bonchev–Trinajstić information content (AvgIpc) is 3.25. The van der Waals surface area contributed by atoms with Crippen LogP contribution in [0.3, 0.4) is 0 Å². The van der Waals surface area contributed by atoms with Crippen LogP contribution in [0.1, 0.15) is 58.5 Å². The van der Waals surface area contributed by atoms with Crippen molar-refractivity contribution >= 4 is 11.7 Å². The topological polar surface area (TPSA) is 77.6 Å². The maximum absolute atomic E-state index is 14.8. The Bertz CT molecular complexity index is 1440. The van der Waals surface area contributed by atoms with Crippen molar-refractivity contribution in [2.75, 3.05) is 12.0 Å². The van der Waals surface area contributed by atoms with Crippen LogP contribution < -0.4 is 5.32 Å². The van der Waals surface area contributed by atoms with Crippen LogP contribution in [-0.4, -0.2) is 36.7 Å². The first kappa shape index (κ1) is 21.6. The van der Waals surface area contributed by atoms with Gasteiger partial charge in [-0.3, -0.25) is 4.79 Å². The van der Waals surface area contributed by atoms with E-state index in [9.17, 15) is 13.6 Å². The fourth-order valence-corrected chi connectivity index (χ4v) is 4.75. The zero-order chi connectivity index (χ0) is 24.1. The van der Waals surface area contributed by atoms with Crippen LogP contribution in [0.2, 0.25) is 0 Å². The zero-order valence-electron chi connectivity index (χ0n) is 19.2. The second kappa shape index (κ2) is 8.41. The van der Waals surface area contributed by atoms with E-state index in [1.165, 1.54) is 12.1 Å². The van der Waals surface area contributed by atoms with Crippen molar-refractivity contribution in [1.82, 2.24) is 24.1 Å². The van der Waals surface area contributed by atoms with E-state index < -0.39 is 18.4 Å². The molecule has 4 aromatic rings. The molecule has 7 nitrogen and oxygen atoms in total. The van der Waals surface area contributed by atoms with Crippen LogP contribution in [0.15, 0.2) is 49.1 Å². The summed E-state index contributed by atoms with van der Waals surface area (Å²) in [5.41, 5.74) is 3.82. The number of fused-ring (bicyclic) bond motifs is 1. The van der Waals surface area contributed by atoms with Crippen molar-refractivity contribution in [1.29, 1.82) is 0 Å². The fraction of sp³-hybridized carbons (Fsp3) is 0.308. The number of imidazole rings is 2. The van der Waals surface area contributed by atoms with E-state index in [0.717, 1.165) is 37.1 Å².